The van der Waals surface area contributed by atoms with Crippen LogP contribution in [0.1, 0.15) is 44.3 Å². The van der Waals surface area contributed by atoms with E-state index in [1.165, 1.54) is 18.4 Å². The van der Waals surface area contributed by atoms with E-state index in [9.17, 15) is 0 Å². The Kier molecular flexibility index (Phi) is 2.71. The summed E-state index contributed by atoms with van der Waals surface area (Å²) in [6, 6.07) is 0.924. The molecule has 4 heteroatoms. The lowest BCUT2D eigenvalue weighted by atomic mass is 9.66. The minimum Gasteiger partial charge on any atom is -0.381 e. The van der Waals surface area contributed by atoms with Gasteiger partial charge in [0, 0.05) is 49.0 Å². The zero-order valence-electron chi connectivity index (χ0n) is 10.6. The highest BCUT2D eigenvalue weighted by molar-refractivity contribution is 5.20. The van der Waals surface area contributed by atoms with E-state index in [1.807, 2.05) is 10.9 Å². The lowest BCUT2D eigenvalue weighted by Gasteiger charge is -2.52. The number of aromatic nitrogens is 2. The average Bonchev–Trinajstić information content (AvgIpc) is 2.78. The van der Waals surface area contributed by atoms with Crippen molar-refractivity contribution in [3.63, 3.8) is 0 Å². The molecule has 0 amide bonds. The van der Waals surface area contributed by atoms with Gasteiger partial charge in [-0.3, -0.25) is 4.68 Å². The van der Waals surface area contributed by atoms with E-state index in [1.54, 1.807) is 0 Å². The first-order valence-electron chi connectivity index (χ1n) is 6.56. The molecule has 1 atom stereocenters. The molecule has 3 heterocycles. The largest absolute Gasteiger partial charge is 0.381 e. The molecule has 17 heavy (non-hydrogen) atoms. The predicted molar refractivity (Wildman–Crippen MR) is 65.8 cm³/mol. The normalized spacial score (nSPS) is 27.4. The summed E-state index contributed by atoms with van der Waals surface area (Å²) in [7, 11) is 0. The Bertz CT molecular complexity index is 393. The van der Waals surface area contributed by atoms with Gasteiger partial charge in [-0.1, -0.05) is 0 Å². The summed E-state index contributed by atoms with van der Waals surface area (Å²) in [6.07, 6.45) is 6.57. The van der Waals surface area contributed by atoms with Crippen molar-refractivity contribution < 1.29 is 4.74 Å². The summed E-state index contributed by atoms with van der Waals surface area (Å²) in [5, 5.41) is 8.01. The summed E-state index contributed by atoms with van der Waals surface area (Å²) in [5.41, 5.74) is 1.77. The summed E-state index contributed by atoms with van der Waals surface area (Å²) in [5.74, 6) is 0. The molecule has 0 saturated carbocycles. The van der Waals surface area contributed by atoms with Crippen molar-refractivity contribution in [2.24, 2.45) is 5.41 Å². The van der Waals surface area contributed by atoms with Gasteiger partial charge in [-0.2, -0.15) is 5.10 Å². The first-order valence-corrected chi connectivity index (χ1v) is 6.56. The lowest BCUT2D eigenvalue weighted by Crippen LogP contribution is -2.58. The maximum Gasteiger partial charge on any atom is 0.0537 e. The van der Waals surface area contributed by atoms with Crippen LogP contribution in [-0.4, -0.2) is 29.5 Å². The molecule has 4 nitrogen and oxygen atoms in total. The third kappa shape index (κ3) is 1.79. The second kappa shape index (κ2) is 4.10. The van der Waals surface area contributed by atoms with Gasteiger partial charge in [-0.05, 0) is 26.7 Å². The van der Waals surface area contributed by atoms with Crippen molar-refractivity contribution in [2.45, 2.75) is 38.8 Å². The number of hydrogen-bond donors (Lipinski definition) is 1. The highest BCUT2D eigenvalue weighted by atomic mass is 16.5. The van der Waals surface area contributed by atoms with Crippen molar-refractivity contribution in [1.82, 2.24) is 15.1 Å². The minimum atomic E-state index is 0.434. The molecule has 1 spiro atoms. The van der Waals surface area contributed by atoms with E-state index >= 15 is 0 Å². The second-order valence-corrected chi connectivity index (χ2v) is 5.64. The molecule has 3 rings (SSSR count). The summed E-state index contributed by atoms with van der Waals surface area (Å²) < 4.78 is 7.52. The Morgan fingerprint density at radius 2 is 2.24 bits per heavy atom. The summed E-state index contributed by atoms with van der Waals surface area (Å²) in [6.45, 7) is 7.28. The first kappa shape index (κ1) is 11.2. The molecule has 0 aliphatic carbocycles. The van der Waals surface area contributed by atoms with Crippen LogP contribution in [0.25, 0.3) is 0 Å². The maximum atomic E-state index is 5.48. The molecule has 0 bridgehead atoms. The van der Waals surface area contributed by atoms with Gasteiger partial charge >= 0.3 is 0 Å². The van der Waals surface area contributed by atoms with E-state index < -0.39 is 0 Å². The molecule has 1 unspecified atom stereocenters. The highest BCUT2D eigenvalue weighted by Crippen LogP contribution is 2.48. The average molecular weight is 235 g/mol. The van der Waals surface area contributed by atoms with Crippen molar-refractivity contribution in [1.29, 1.82) is 0 Å². The van der Waals surface area contributed by atoms with Crippen molar-refractivity contribution >= 4 is 0 Å². The fraction of sp³-hybridized carbons (Fsp3) is 0.769. The molecule has 1 aromatic heterocycles. The fourth-order valence-electron chi connectivity index (χ4n) is 2.99. The molecule has 0 aromatic carbocycles. The van der Waals surface area contributed by atoms with E-state index in [-0.39, 0.29) is 0 Å². The summed E-state index contributed by atoms with van der Waals surface area (Å²) in [4.78, 5) is 0. The zero-order chi connectivity index (χ0) is 11.9. The van der Waals surface area contributed by atoms with Crippen LogP contribution in [0.2, 0.25) is 0 Å². The quantitative estimate of drug-likeness (QED) is 0.851. The number of hydrogen-bond acceptors (Lipinski definition) is 3. The van der Waals surface area contributed by atoms with E-state index in [4.69, 9.17) is 4.74 Å². The topological polar surface area (TPSA) is 39.1 Å². The van der Waals surface area contributed by atoms with Crippen LogP contribution in [0.5, 0.6) is 0 Å². The number of nitrogens with one attached hydrogen (secondary N) is 1. The van der Waals surface area contributed by atoms with Gasteiger partial charge in [0.05, 0.1) is 6.20 Å². The van der Waals surface area contributed by atoms with Gasteiger partial charge in [-0.25, -0.2) is 0 Å². The Labute approximate surface area is 102 Å². The fourth-order valence-corrected chi connectivity index (χ4v) is 2.99. The zero-order valence-corrected chi connectivity index (χ0v) is 10.6. The lowest BCUT2D eigenvalue weighted by molar-refractivity contribution is -0.0479. The van der Waals surface area contributed by atoms with Gasteiger partial charge in [0.25, 0.3) is 0 Å². The number of ether oxygens (including phenoxy) is 1. The maximum absolute atomic E-state index is 5.48. The van der Waals surface area contributed by atoms with Crippen molar-refractivity contribution in [2.75, 3.05) is 19.8 Å². The van der Waals surface area contributed by atoms with Crippen LogP contribution in [0.15, 0.2) is 12.4 Å². The molecule has 0 radical (unpaired) electrons. The smallest absolute Gasteiger partial charge is 0.0537 e. The van der Waals surface area contributed by atoms with Gasteiger partial charge in [0.1, 0.15) is 0 Å². The van der Waals surface area contributed by atoms with E-state index in [0.717, 1.165) is 19.8 Å². The van der Waals surface area contributed by atoms with Gasteiger partial charge < -0.3 is 10.1 Å². The van der Waals surface area contributed by atoms with Gasteiger partial charge in [0.15, 0.2) is 0 Å². The minimum absolute atomic E-state index is 0.434. The Morgan fingerprint density at radius 1 is 1.47 bits per heavy atom. The molecule has 1 N–H and O–H groups in total. The molecule has 1 aromatic rings. The van der Waals surface area contributed by atoms with Crippen LogP contribution in [-0.2, 0) is 4.74 Å². The van der Waals surface area contributed by atoms with E-state index in [0.29, 0.717) is 17.5 Å². The highest BCUT2D eigenvalue weighted by Gasteiger charge is 2.48. The van der Waals surface area contributed by atoms with Gasteiger partial charge in [-0.15, -0.1) is 0 Å². The van der Waals surface area contributed by atoms with E-state index in [2.05, 4.69) is 30.5 Å². The molecule has 2 saturated heterocycles. The van der Waals surface area contributed by atoms with Crippen LogP contribution < -0.4 is 5.32 Å². The van der Waals surface area contributed by atoms with Gasteiger partial charge in [0.2, 0.25) is 0 Å². The van der Waals surface area contributed by atoms with Crippen molar-refractivity contribution in [3.05, 3.63) is 18.0 Å². The Balaban J connectivity index is 1.79. The standard InChI is InChI=1S/C13H21N3O/c1-10(2)16-8-11(7-15-16)12-13(9-14-12)3-5-17-6-4-13/h7-8,10,12,14H,3-6,9H2,1-2H3. The molecular formula is C13H21N3O. The van der Waals surface area contributed by atoms with Crippen molar-refractivity contribution in [3.8, 4) is 0 Å². The first-order chi connectivity index (χ1) is 8.21. The predicted octanol–water partition coefficient (Wildman–Crippen LogP) is 1.91. The molecule has 2 aliphatic heterocycles. The summed E-state index contributed by atoms with van der Waals surface area (Å²) >= 11 is 0. The molecule has 2 fully saturated rings. The SMILES string of the molecule is CC(C)n1cc(C2NCC23CCOCC3)cn1. The molecular weight excluding hydrogens is 214 g/mol. The molecule has 94 valence electrons. The van der Waals surface area contributed by atoms with Crippen LogP contribution in [0, 0.1) is 5.41 Å². The monoisotopic (exact) mass is 235 g/mol. The molecule has 2 aliphatic rings. The third-order valence-electron chi connectivity index (χ3n) is 4.24. The van der Waals surface area contributed by atoms with Crippen LogP contribution >= 0.6 is 0 Å². The van der Waals surface area contributed by atoms with Crippen LogP contribution in [0.4, 0.5) is 0 Å². The number of rotatable bonds is 2. The third-order valence-corrected chi connectivity index (χ3v) is 4.24. The number of nitrogens with zero attached hydrogens (tertiary/aromatic N) is 2. The van der Waals surface area contributed by atoms with Crippen LogP contribution in [0.3, 0.4) is 0 Å². The second-order valence-electron chi connectivity index (χ2n) is 5.64. The Morgan fingerprint density at radius 3 is 2.76 bits per heavy atom. The Hall–Kier alpha value is -0.870.